The number of halogens is 3. The first-order valence-electron chi connectivity index (χ1n) is 12.6. The lowest BCUT2D eigenvalue weighted by molar-refractivity contribution is -0.144. The number of rotatable bonds is 8. The number of carbonyl (C=O) groups is 1. The van der Waals surface area contributed by atoms with E-state index in [4.69, 9.17) is 10.5 Å². The minimum atomic E-state index is -4.40. The van der Waals surface area contributed by atoms with Gasteiger partial charge in [0.25, 0.3) is 15.9 Å². The number of nitrogens with zero attached hydrogens (tertiary/aromatic N) is 4. The average molecular weight is 581 g/mol. The van der Waals surface area contributed by atoms with Crippen molar-refractivity contribution in [2.24, 2.45) is 5.92 Å². The van der Waals surface area contributed by atoms with Crippen LogP contribution in [-0.2, 0) is 10.0 Å². The Morgan fingerprint density at radius 1 is 1.20 bits per heavy atom. The summed E-state index contributed by atoms with van der Waals surface area (Å²) < 4.78 is 72.7. The smallest absolute Gasteiger partial charge is 0.389 e. The number of aromatic nitrogens is 3. The molecule has 14 heteroatoms. The number of ether oxygens (including phenoxy) is 1. The molecule has 1 aliphatic heterocycles. The van der Waals surface area contributed by atoms with E-state index in [0.717, 1.165) is 0 Å². The number of sulfonamides is 1. The van der Waals surface area contributed by atoms with Gasteiger partial charge in [0.15, 0.2) is 5.03 Å². The van der Waals surface area contributed by atoms with Crippen LogP contribution in [0.3, 0.4) is 0 Å². The van der Waals surface area contributed by atoms with Crippen LogP contribution in [-0.4, -0.2) is 54.6 Å². The van der Waals surface area contributed by atoms with Gasteiger partial charge in [-0.3, -0.25) is 4.79 Å². The Morgan fingerprint density at radius 3 is 2.62 bits per heavy atom. The highest BCUT2D eigenvalue weighted by Gasteiger charge is 2.35. The molecule has 0 radical (unpaired) electrons. The zero-order valence-electron chi connectivity index (χ0n) is 21.9. The quantitative estimate of drug-likeness (QED) is 0.396. The third kappa shape index (κ3) is 7.37. The molecule has 0 saturated carbocycles. The fourth-order valence-corrected chi connectivity index (χ4v) is 5.37. The highest BCUT2D eigenvalue weighted by molar-refractivity contribution is 7.90. The van der Waals surface area contributed by atoms with Gasteiger partial charge in [-0.1, -0.05) is 6.07 Å². The first kappa shape index (κ1) is 29.1. The number of hydrogen-bond donors (Lipinski definition) is 2. The molecule has 3 aromatic rings. The monoisotopic (exact) mass is 580 g/mol. The normalized spacial score (nSPS) is 16.1. The third-order valence-corrected chi connectivity index (χ3v) is 7.33. The molecule has 0 aliphatic carbocycles. The SMILES string of the molecule is CC(C)Oc1ccc(-c2ccc(C(=O)NS(=O)(=O)c3cccc(N)n3)c(N3CCCC(CC(F)(F)F)C3)n2)cn1.[HH]. The number of carbonyl (C=O) groups excluding carboxylic acids is 1. The number of alkyl halides is 3. The second-order valence-electron chi connectivity index (χ2n) is 9.73. The molecule has 3 aromatic heterocycles. The van der Waals surface area contributed by atoms with Crippen molar-refractivity contribution in [3.63, 3.8) is 0 Å². The zero-order valence-corrected chi connectivity index (χ0v) is 22.7. The summed E-state index contributed by atoms with van der Waals surface area (Å²) in [4.78, 5) is 27.5. The Labute approximate surface area is 231 Å². The first-order chi connectivity index (χ1) is 18.8. The van der Waals surface area contributed by atoms with Gasteiger partial charge in [-0.05, 0) is 62.9 Å². The molecule has 3 N–H and O–H groups in total. The average Bonchev–Trinajstić information content (AvgIpc) is 2.87. The second-order valence-corrected chi connectivity index (χ2v) is 11.4. The molecule has 4 rings (SSSR count). The number of nitrogen functional groups attached to an aromatic ring is 1. The summed E-state index contributed by atoms with van der Waals surface area (Å²) in [6, 6.07) is 10.2. The molecular weight excluding hydrogens is 549 g/mol. The Hall–Kier alpha value is -3.94. The van der Waals surface area contributed by atoms with Crippen LogP contribution < -0.4 is 20.1 Å². The van der Waals surface area contributed by atoms with Gasteiger partial charge >= 0.3 is 6.18 Å². The molecule has 0 spiro atoms. The summed E-state index contributed by atoms with van der Waals surface area (Å²) in [5.74, 6) is -1.29. The molecule has 1 saturated heterocycles. The van der Waals surface area contributed by atoms with Crippen molar-refractivity contribution in [1.82, 2.24) is 19.7 Å². The lowest BCUT2D eigenvalue weighted by Gasteiger charge is -2.35. The van der Waals surface area contributed by atoms with Crippen molar-refractivity contribution in [2.45, 2.75) is 50.4 Å². The van der Waals surface area contributed by atoms with E-state index in [1.54, 1.807) is 17.0 Å². The summed E-state index contributed by atoms with van der Waals surface area (Å²) in [7, 11) is -4.40. The van der Waals surface area contributed by atoms with Gasteiger partial charge in [-0.2, -0.15) is 21.6 Å². The molecule has 4 heterocycles. The maximum atomic E-state index is 13.3. The standard InChI is InChI=1S/C26H29F3N6O4S.H2/c1-16(2)39-22-11-8-18(14-31-22)20-10-9-19(25(36)34-40(37,38)23-7-3-6-21(30)33-23)24(32-20)35-12-4-5-17(15-35)13-26(27,28)29;/h3,6-11,14,16-17H,4-5,12-13,15H2,1-2H3,(H2,30,33)(H,34,36);1H. The van der Waals surface area contributed by atoms with Crippen molar-refractivity contribution < 1.29 is 32.5 Å². The van der Waals surface area contributed by atoms with Crippen molar-refractivity contribution in [3.8, 4) is 17.1 Å². The maximum absolute atomic E-state index is 13.3. The minimum Gasteiger partial charge on any atom is -0.475 e. The molecule has 10 nitrogen and oxygen atoms in total. The molecule has 1 unspecified atom stereocenters. The number of nitrogens with one attached hydrogen (secondary N) is 1. The highest BCUT2D eigenvalue weighted by Crippen LogP contribution is 2.33. The van der Waals surface area contributed by atoms with Crippen LogP contribution in [0.25, 0.3) is 11.3 Å². The van der Waals surface area contributed by atoms with E-state index in [9.17, 15) is 26.4 Å². The molecule has 0 aromatic carbocycles. The van der Waals surface area contributed by atoms with E-state index < -0.39 is 39.5 Å². The zero-order chi connectivity index (χ0) is 29.1. The van der Waals surface area contributed by atoms with Crippen molar-refractivity contribution in [1.29, 1.82) is 0 Å². The number of nitrogens with two attached hydrogens (primary N) is 1. The lowest BCUT2D eigenvalue weighted by atomic mass is 9.94. The Balaban J connectivity index is 0.00000462. The van der Waals surface area contributed by atoms with Crippen LogP contribution in [0.15, 0.2) is 53.7 Å². The molecule has 40 heavy (non-hydrogen) atoms. The predicted octanol–water partition coefficient (Wildman–Crippen LogP) is 4.44. The molecule has 1 atom stereocenters. The van der Waals surface area contributed by atoms with E-state index in [0.29, 0.717) is 36.5 Å². The van der Waals surface area contributed by atoms with Crippen LogP contribution in [0.1, 0.15) is 44.9 Å². The van der Waals surface area contributed by atoms with Crippen molar-refractivity contribution in [2.75, 3.05) is 23.7 Å². The molecule has 1 aliphatic rings. The van der Waals surface area contributed by atoms with Crippen LogP contribution in [0.5, 0.6) is 5.88 Å². The van der Waals surface area contributed by atoms with Gasteiger partial charge in [-0.15, -0.1) is 0 Å². The van der Waals surface area contributed by atoms with Gasteiger partial charge in [-0.25, -0.2) is 19.7 Å². The van der Waals surface area contributed by atoms with Gasteiger partial charge < -0.3 is 15.4 Å². The van der Waals surface area contributed by atoms with Gasteiger partial charge in [0.2, 0.25) is 5.88 Å². The highest BCUT2D eigenvalue weighted by atomic mass is 32.2. The molecular formula is C26H31F3N6O4S. The number of piperidine rings is 1. The summed E-state index contributed by atoms with van der Waals surface area (Å²) >= 11 is 0. The van der Waals surface area contributed by atoms with E-state index in [2.05, 4.69) is 15.0 Å². The first-order valence-corrected chi connectivity index (χ1v) is 14.0. The van der Waals surface area contributed by atoms with E-state index in [-0.39, 0.29) is 31.3 Å². The van der Waals surface area contributed by atoms with Crippen molar-refractivity contribution in [3.05, 3.63) is 54.2 Å². The number of amides is 1. The minimum absolute atomic E-state index is 0. The number of hydrogen-bond acceptors (Lipinski definition) is 9. The summed E-state index contributed by atoms with van der Waals surface area (Å²) in [5, 5.41) is -0.454. The van der Waals surface area contributed by atoms with Crippen LogP contribution in [0, 0.1) is 5.92 Å². The van der Waals surface area contributed by atoms with Gasteiger partial charge in [0.1, 0.15) is 11.6 Å². The molecule has 1 fully saturated rings. The maximum Gasteiger partial charge on any atom is 0.389 e. The fourth-order valence-electron chi connectivity index (χ4n) is 4.43. The van der Waals surface area contributed by atoms with E-state index in [1.165, 1.54) is 36.5 Å². The van der Waals surface area contributed by atoms with E-state index >= 15 is 0 Å². The van der Waals surface area contributed by atoms with Crippen LogP contribution in [0.4, 0.5) is 24.8 Å². The Bertz CT molecular complexity index is 1470. The molecule has 216 valence electrons. The summed E-state index contributed by atoms with van der Waals surface area (Å²) in [6.07, 6.45) is -3.05. The van der Waals surface area contributed by atoms with Crippen molar-refractivity contribution >= 4 is 27.6 Å². The lowest BCUT2D eigenvalue weighted by Crippen LogP contribution is -2.40. The third-order valence-electron chi connectivity index (χ3n) is 6.09. The molecule has 0 bridgehead atoms. The summed E-state index contributed by atoms with van der Waals surface area (Å²) in [6.45, 7) is 4.06. The van der Waals surface area contributed by atoms with Gasteiger partial charge in [0.05, 0.1) is 17.4 Å². The van der Waals surface area contributed by atoms with E-state index in [1.807, 2.05) is 18.6 Å². The topological polar surface area (TPSA) is 140 Å². The number of anilines is 2. The van der Waals surface area contributed by atoms with Crippen LogP contribution in [0.2, 0.25) is 0 Å². The Kier molecular flexibility index (Phi) is 8.47. The Morgan fingerprint density at radius 2 is 1.98 bits per heavy atom. The second kappa shape index (κ2) is 11.7. The summed E-state index contributed by atoms with van der Waals surface area (Å²) in [5.41, 5.74) is 6.44. The largest absolute Gasteiger partial charge is 0.475 e. The number of pyridine rings is 3. The van der Waals surface area contributed by atoms with Gasteiger partial charge in [0, 0.05) is 38.8 Å². The predicted molar refractivity (Wildman–Crippen MR) is 144 cm³/mol. The molecule has 1 amide bonds. The fraction of sp³-hybridized carbons (Fsp3) is 0.385. The van der Waals surface area contributed by atoms with Crippen LogP contribution >= 0.6 is 0 Å².